The van der Waals surface area contributed by atoms with Crippen LogP contribution in [0.3, 0.4) is 0 Å². The number of benzene rings is 1. The first-order valence-corrected chi connectivity index (χ1v) is 12.5. The van der Waals surface area contributed by atoms with Crippen LogP contribution < -0.4 is 0 Å². The van der Waals surface area contributed by atoms with Gasteiger partial charge in [-0.3, -0.25) is 0 Å². The molecule has 0 unspecified atom stereocenters. The molecular formula is C24H30FN3O3S. The summed E-state index contributed by atoms with van der Waals surface area (Å²) in [7, 11) is -2.10. The number of hydrogen-bond acceptors (Lipinski definition) is 5. The SMILES string of the molecule is COC1CCC(Cn2c(C(C)(C)C)nc3cc(S(=O)(=O)c4ccnc(F)c4)ccc32)CC1. The summed E-state index contributed by atoms with van der Waals surface area (Å²) >= 11 is 0. The molecule has 0 saturated heterocycles. The van der Waals surface area contributed by atoms with Crippen LogP contribution in [0.15, 0.2) is 46.3 Å². The summed E-state index contributed by atoms with van der Waals surface area (Å²) in [6, 6.07) is 7.25. The molecule has 2 heterocycles. The Morgan fingerprint density at radius 2 is 1.78 bits per heavy atom. The van der Waals surface area contributed by atoms with Crippen LogP contribution in [0.25, 0.3) is 11.0 Å². The second-order valence-electron chi connectivity index (χ2n) is 9.64. The first-order valence-electron chi connectivity index (χ1n) is 11.0. The largest absolute Gasteiger partial charge is 0.381 e. The molecule has 0 amide bonds. The fourth-order valence-corrected chi connectivity index (χ4v) is 5.81. The maximum atomic E-state index is 13.5. The molecule has 6 nitrogen and oxygen atoms in total. The molecule has 0 atom stereocenters. The van der Waals surface area contributed by atoms with Crippen molar-refractivity contribution in [3.05, 3.63) is 48.3 Å². The van der Waals surface area contributed by atoms with E-state index in [-0.39, 0.29) is 15.2 Å². The van der Waals surface area contributed by atoms with Crippen LogP contribution >= 0.6 is 0 Å². The molecule has 0 spiro atoms. The van der Waals surface area contributed by atoms with E-state index in [4.69, 9.17) is 9.72 Å². The molecule has 3 aromatic rings. The number of halogens is 1. The average molecular weight is 460 g/mol. The van der Waals surface area contributed by atoms with E-state index in [0.29, 0.717) is 17.5 Å². The number of nitrogens with zero attached hydrogens (tertiary/aromatic N) is 3. The van der Waals surface area contributed by atoms with Gasteiger partial charge in [-0.15, -0.1) is 0 Å². The number of fused-ring (bicyclic) bond motifs is 1. The quantitative estimate of drug-likeness (QED) is 0.507. The lowest BCUT2D eigenvalue weighted by Gasteiger charge is -2.29. The zero-order valence-corrected chi connectivity index (χ0v) is 19.8. The Kier molecular flexibility index (Phi) is 6.11. The summed E-state index contributed by atoms with van der Waals surface area (Å²) in [6.45, 7) is 7.19. The fourth-order valence-electron chi connectivity index (χ4n) is 4.53. The first-order chi connectivity index (χ1) is 15.1. The molecule has 32 heavy (non-hydrogen) atoms. The van der Waals surface area contributed by atoms with Crippen LogP contribution in [0.5, 0.6) is 0 Å². The Labute approximate surface area is 188 Å². The number of ether oxygens (including phenoxy) is 1. The van der Waals surface area contributed by atoms with Gasteiger partial charge in [0.1, 0.15) is 5.82 Å². The lowest BCUT2D eigenvalue weighted by Crippen LogP contribution is -2.26. The second kappa shape index (κ2) is 8.56. The van der Waals surface area contributed by atoms with Crippen molar-refractivity contribution in [2.75, 3.05) is 7.11 Å². The molecule has 1 saturated carbocycles. The van der Waals surface area contributed by atoms with Crippen LogP contribution in [0.4, 0.5) is 4.39 Å². The van der Waals surface area contributed by atoms with Crippen molar-refractivity contribution >= 4 is 20.9 Å². The Hall–Kier alpha value is -2.32. The van der Waals surface area contributed by atoms with Crippen molar-refractivity contribution < 1.29 is 17.5 Å². The van der Waals surface area contributed by atoms with Crippen LogP contribution in [-0.4, -0.2) is 36.2 Å². The third-order valence-electron chi connectivity index (χ3n) is 6.28. The van der Waals surface area contributed by atoms with Crippen LogP contribution in [0.1, 0.15) is 52.3 Å². The van der Waals surface area contributed by atoms with Gasteiger partial charge in [-0.05, 0) is 55.9 Å². The van der Waals surface area contributed by atoms with Crippen LogP contribution in [-0.2, 0) is 26.5 Å². The molecule has 1 aliphatic rings. The molecule has 8 heteroatoms. The molecule has 4 rings (SSSR count). The van der Waals surface area contributed by atoms with Gasteiger partial charge in [-0.1, -0.05) is 20.8 Å². The van der Waals surface area contributed by atoms with Gasteiger partial charge in [0, 0.05) is 31.3 Å². The van der Waals surface area contributed by atoms with Crippen LogP contribution in [0, 0.1) is 11.9 Å². The first kappa shape index (κ1) is 22.9. The van der Waals surface area contributed by atoms with Gasteiger partial charge in [-0.25, -0.2) is 18.4 Å². The number of aromatic nitrogens is 3. The van der Waals surface area contributed by atoms with E-state index in [9.17, 15) is 12.8 Å². The molecule has 2 aromatic heterocycles. The minimum Gasteiger partial charge on any atom is -0.381 e. The number of pyridine rings is 1. The van der Waals surface area contributed by atoms with E-state index in [1.54, 1.807) is 19.2 Å². The number of hydrogen-bond donors (Lipinski definition) is 0. The highest BCUT2D eigenvalue weighted by atomic mass is 32.2. The lowest BCUT2D eigenvalue weighted by molar-refractivity contribution is 0.0541. The smallest absolute Gasteiger partial charge is 0.214 e. The zero-order valence-electron chi connectivity index (χ0n) is 19.0. The van der Waals surface area contributed by atoms with E-state index in [1.165, 1.54) is 6.07 Å². The van der Waals surface area contributed by atoms with Gasteiger partial charge >= 0.3 is 0 Å². The summed E-state index contributed by atoms with van der Waals surface area (Å²) in [5.41, 5.74) is 1.36. The molecule has 1 aliphatic carbocycles. The van der Waals surface area contributed by atoms with Crippen molar-refractivity contribution in [3.8, 4) is 0 Å². The molecule has 0 radical (unpaired) electrons. The Morgan fingerprint density at radius 3 is 2.41 bits per heavy atom. The monoisotopic (exact) mass is 459 g/mol. The maximum Gasteiger partial charge on any atom is 0.214 e. The summed E-state index contributed by atoms with van der Waals surface area (Å²) in [6.07, 6.45) is 5.82. The molecule has 1 aromatic carbocycles. The summed E-state index contributed by atoms with van der Waals surface area (Å²) in [5.74, 6) is 0.642. The van der Waals surface area contributed by atoms with E-state index in [1.807, 2.05) is 6.07 Å². The molecule has 172 valence electrons. The van der Waals surface area contributed by atoms with Gasteiger partial charge in [0.05, 0.1) is 26.9 Å². The highest BCUT2D eigenvalue weighted by molar-refractivity contribution is 7.91. The highest BCUT2D eigenvalue weighted by Gasteiger charge is 2.28. The van der Waals surface area contributed by atoms with Crippen molar-refractivity contribution in [1.29, 1.82) is 0 Å². The van der Waals surface area contributed by atoms with E-state index < -0.39 is 15.8 Å². The third kappa shape index (κ3) is 4.43. The Morgan fingerprint density at radius 1 is 1.09 bits per heavy atom. The van der Waals surface area contributed by atoms with Crippen molar-refractivity contribution in [2.45, 2.75) is 74.3 Å². The summed E-state index contributed by atoms with van der Waals surface area (Å²) in [4.78, 5) is 8.29. The molecular weight excluding hydrogens is 429 g/mol. The number of methoxy groups -OCH3 is 1. The predicted molar refractivity (Wildman–Crippen MR) is 121 cm³/mol. The topological polar surface area (TPSA) is 74.1 Å². The van der Waals surface area contributed by atoms with Crippen molar-refractivity contribution in [1.82, 2.24) is 14.5 Å². The molecule has 0 bridgehead atoms. The van der Waals surface area contributed by atoms with Gasteiger partial charge in [-0.2, -0.15) is 4.39 Å². The van der Waals surface area contributed by atoms with E-state index in [2.05, 4.69) is 30.3 Å². The Balaban J connectivity index is 1.73. The predicted octanol–water partition coefficient (Wildman–Crippen LogP) is 4.91. The maximum absolute atomic E-state index is 13.5. The van der Waals surface area contributed by atoms with Gasteiger partial charge < -0.3 is 9.30 Å². The molecule has 1 fully saturated rings. The van der Waals surface area contributed by atoms with Gasteiger partial charge in [0.15, 0.2) is 0 Å². The van der Waals surface area contributed by atoms with Gasteiger partial charge in [0.25, 0.3) is 0 Å². The Bertz CT molecular complexity index is 1220. The van der Waals surface area contributed by atoms with Gasteiger partial charge in [0.2, 0.25) is 15.8 Å². The summed E-state index contributed by atoms with van der Waals surface area (Å²) < 4.78 is 47.4. The standard InChI is InChI=1S/C24H30FN3O3S/c1-24(2,3)23-27-20-13-18(32(29,30)19-11-12-26-22(25)14-19)9-10-21(20)28(23)15-16-5-7-17(31-4)8-6-16/h9-14,16-17H,5-8,15H2,1-4H3. The minimum absolute atomic E-state index is 0.0984. The van der Waals surface area contributed by atoms with E-state index >= 15 is 0 Å². The van der Waals surface area contributed by atoms with E-state index in [0.717, 1.165) is 55.8 Å². The summed E-state index contributed by atoms with van der Waals surface area (Å²) in [5, 5.41) is 0. The molecule has 0 N–H and O–H groups in total. The highest BCUT2D eigenvalue weighted by Crippen LogP contribution is 2.33. The number of rotatable bonds is 5. The average Bonchev–Trinajstić information content (AvgIpc) is 3.12. The normalized spacial score (nSPS) is 20.0. The van der Waals surface area contributed by atoms with Crippen LogP contribution in [0.2, 0.25) is 0 Å². The lowest BCUT2D eigenvalue weighted by atomic mass is 9.87. The zero-order chi connectivity index (χ0) is 23.1. The van der Waals surface area contributed by atoms with Crippen molar-refractivity contribution in [3.63, 3.8) is 0 Å². The fraction of sp³-hybridized carbons (Fsp3) is 0.500. The second-order valence-corrected chi connectivity index (χ2v) is 11.6. The molecule has 0 aliphatic heterocycles. The van der Waals surface area contributed by atoms with Crippen molar-refractivity contribution in [2.24, 2.45) is 5.92 Å². The third-order valence-corrected chi connectivity index (χ3v) is 8.03. The minimum atomic E-state index is -3.87. The number of sulfone groups is 1. The number of imidazole rings is 1.